The van der Waals surface area contributed by atoms with Gasteiger partial charge in [0.1, 0.15) is 0 Å². The van der Waals surface area contributed by atoms with Crippen LogP contribution in [-0.2, 0) is 4.79 Å². The van der Waals surface area contributed by atoms with Crippen LogP contribution in [0.1, 0.15) is 45.4 Å². The molecule has 168 valence electrons. The van der Waals surface area contributed by atoms with Crippen LogP contribution in [0.15, 0.2) is 35.9 Å². The summed E-state index contributed by atoms with van der Waals surface area (Å²) in [5.41, 5.74) is 4.63. The summed E-state index contributed by atoms with van der Waals surface area (Å²) in [7, 11) is 3.32. The van der Waals surface area contributed by atoms with Crippen LogP contribution in [-0.4, -0.2) is 55.6 Å². The number of rotatable bonds is 6. The molecule has 1 aliphatic carbocycles. The first-order chi connectivity index (χ1) is 15.3. The van der Waals surface area contributed by atoms with Gasteiger partial charge in [-0.15, -0.1) is 11.3 Å². The summed E-state index contributed by atoms with van der Waals surface area (Å²) in [5, 5.41) is 13.6. The van der Waals surface area contributed by atoms with Crippen LogP contribution < -0.4 is 15.2 Å². The summed E-state index contributed by atoms with van der Waals surface area (Å²) < 4.78 is 0. The first-order valence-electron chi connectivity index (χ1n) is 10.5. The first kappa shape index (κ1) is 22.1. The molecule has 32 heavy (non-hydrogen) atoms. The van der Waals surface area contributed by atoms with Crippen LogP contribution in [0.4, 0.5) is 5.69 Å². The van der Waals surface area contributed by atoms with Crippen molar-refractivity contribution in [3.63, 3.8) is 0 Å². The van der Waals surface area contributed by atoms with Gasteiger partial charge in [0.25, 0.3) is 11.8 Å². The van der Waals surface area contributed by atoms with Crippen LogP contribution in [0.5, 0.6) is 5.75 Å². The number of aliphatic hydroxyl groups excluding tert-OH is 1. The fraction of sp³-hybridized carbons (Fsp3) is 0.333. The Labute approximate surface area is 191 Å². The Morgan fingerprint density at radius 2 is 2.12 bits per heavy atom. The predicted octanol–water partition coefficient (Wildman–Crippen LogP) is 3.28. The van der Waals surface area contributed by atoms with Gasteiger partial charge in [-0.2, -0.15) is 0 Å². The maximum absolute atomic E-state index is 12.6. The fourth-order valence-corrected chi connectivity index (χ4v) is 5.17. The molecular weight excluding hydrogens is 426 g/mol. The number of likely N-dealkylation sites (N-methyl/N-ethyl adjacent to an activating group) is 2. The standard InChI is InChI=1S/C24H27N3O4S/c1-14-15(2)22(23(29)25-3)17-8-7-16(12-18(14)17)31-27-9-5-6-20-19(27)13-21(32-20)24(30)26(4)10-11-28/h5-8,12-14,28H,9-11H2,1-4H3,(H,25,29). The number of aliphatic hydroxyl groups is 1. The minimum atomic E-state index is -0.124. The molecule has 1 aromatic carbocycles. The number of anilines is 1. The molecule has 2 heterocycles. The van der Waals surface area contributed by atoms with Crippen molar-refractivity contribution in [2.75, 3.05) is 38.9 Å². The molecule has 0 saturated heterocycles. The molecule has 0 radical (unpaired) electrons. The number of amides is 2. The molecule has 0 saturated carbocycles. The van der Waals surface area contributed by atoms with Gasteiger partial charge in [-0.1, -0.05) is 24.6 Å². The largest absolute Gasteiger partial charge is 0.395 e. The second-order valence-electron chi connectivity index (χ2n) is 7.97. The molecule has 2 aromatic rings. The molecule has 0 spiro atoms. The maximum atomic E-state index is 12.6. The lowest BCUT2D eigenvalue weighted by Gasteiger charge is -2.25. The summed E-state index contributed by atoms with van der Waals surface area (Å²) in [6, 6.07) is 7.64. The van der Waals surface area contributed by atoms with E-state index in [0.29, 0.717) is 17.2 Å². The highest BCUT2D eigenvalue weighted by atomic mass is 32.1. The Hall–Kier alpha value is -3.10. The highest BCUT2D eigenvalue weighted by Crippen LogP contribution is 2.43. The van der Waals surface area contributed by atoms with E-state index < -0.39 is 0 Å². The smallest absolute Gasteiger partial charge is 0.263 e. The zero-order valence-corrected chi connectivity index (χ0v) is 19.5. The average molecular weight is 454 g/mol. The number of hydroxylamine groups is 1. The van der Waals surface area contributed by atoms with Crippen molar-refractivity contribution in [1.82, 2.24) is 10.2 Å². The van der Waals surface area contributed by atoms with Gasteiger partial charge >= 0.3 is 0 Å². The number of fused-ring (bicyclic) bond motifs is 2. The number of nitrogens with zero attached hydrogens (tertiary/aromatic N) is 2. The topological polar surface area (TPSA) is 82.1 Å². The summed E-state index contributed by atoms with van der Waals surface area (Å²) in [4.78, 5) is 34.3. The van der Waals surface area contributed by atoms with E-state index in [9.17, 15) is 9.59 Å². The monoisotopic (exact) mass is 453 g/mol. The predicted molar refractivity (Wildman–Crippen MR) is 127 cm³/mol. The quantitative estimate of drug-likeness (QED) is 0.702. The minimum absolute atomic E-state index is 0.0742. The van der Waals surface area contributed by atoms with E-state index in [0.717, 1.165) is 32.8 Å². The summed E-state index contributed by atoms with van der Waals surface area (Å²) in [5.74, 6) is 0.611. The molecule has 1 atom stereocenters. The lowest BCUT2D eigenvalue weighted by molar-refractivity contribution is -0.115. The molecular formula is C24H27N3O4S. The van der Waals surface area contributed by atoms with Gasteiger partial charge < -0.3 is 20.2 Å². The van der Waals surface area contributed by atoms with E-state index in [2.05, 4.69) is 12.2 Å². The van der Waals surface area contributed by atoms with Gasteiger partial charge in [-0.25, -0.2) is 5.06 Å². The third kappa shape index (κ3) is 3.80. The van der Waals surface area contributed by atoms with Crippen LogP contribution in [0, 0.1) is 0 Å². The molecule has 0 bridgehead atoms. The Bertz CT molecular complexity index is 1130. The molecule has 7 nitrogen and oxygen atoms in total. The van der Waals surface area contributed by atoms with Crippen molar-refractivity contribution in [2.45, 2.75) is 19.8 Å². The van der Waals surface area contributed by atoms with Gasteiger partial charge in [-0.3, -0.25) is 9.59 Å². The lowest BCUT2D eigenvalue weighted by atomic mass is 9.99. The Morgan fingerprint density at radius 3 is 2.84 bits per heavy atom. The van der Waals surface area contributed by atoms with Gasteiger partial charge in [0.05, 0.1) is 28.6 Å². The zero-order chi connectivity index (χ0) is 23.0. The number of hydrogen-bond acceptors (Lipinski definition) is 6. The van der Waals surface area contributed by atoms with Gasteiger partial charge in [-0.05, 0) is 42.3 Å². The number of nitrogens with one attached hydrogen (secondary N) is 1. The number of carbonyl (C=O) groups excluding carboxylic acids is 2. The van der Waals surface area contributed by atoms with Crippen LogP contribution in [0.25, 0.3) is 11.6 Å². The minimum Gasteiger partial charge on any atom is -0.395 e. The third-order valence-electron chi connectivity index (χ3n) is 6.01. The van der Waals surface area contributed by atoms with E-state index in [4.69, 9.17) is 9.94 Å². The van der Waals surface area contributed by atoms with Crippen molar-refractivity contribution >= 4 is 40.5 Å². The van der Waals surface area contributed by atoms with E-state index in [-0.39, 0.29) is 30.9 Å². The SMILES string of the molecule is CNC(=O)C1=C(C)C(C)c2cc(ON3CC=Cc4sc(C(=O)N(C)CCO)cc43)ccc21. The Kier molecular flexibility index (Phi) is 6.08. The van der Waals surface area contributed by atoms with Crippen molar-refractivity contribution in [2.24, 2.45) is 0 Å². The van der Waals surface area contributed by atoms with Crippen molar-refractivity contribution in [1.29, 1.82) is 0 Å². The number of hydrogen-bond donors (Lipinski definition) is 2. The fourth-order valence-electron chi connectivity index (χ4n) is 4.09. The van der Waals surface area contributed by atoms with E-state index in [1.807, 2.05) is 43.3 Å². The molecule has 1 aromatic heterocycles. The van der Waals surface area contributed by atoms with E-state index in [1.54, 1.807) is 19.2 Å². The summed E-state index contributed by atoms with van der Waals surface area (Å²) in [6.07, 6.45) is 3.99. The third-order valence-corrected chi connectivity index (χ3v) is 7.09. The summed E-state index contributed by atoms with van der Waals surface area (Å²) in [6.45, 7) is 4.85. The highest BCUT2D eigenvalue weighted by molar-refractivity contribution is 7.15. The second-order valence-corrected chi connectivity index (χ2v) is 9.06. The molecule has 8 heteroatoms. The number of thiophene rings is 1. The summed E-state index contributed by atoms with van der Waals surface area (Å²) >= 11 is 1.41. The molecule has 2 amide bonds. The Morgan fingerprint density at radius 1 is 1.34 bits per heavy atom. The molecule has 2 N–H and O–H groups in total. The number of allylic oxidation sites excluding steroid dienone is 1. The molecule has 2 aliphatic rings. The average Bonchev–Trinajstić information content (AvgIpc) is 3.33. The van der Waals surface area contributed by atoms with Crippen LogP contribution in [0.3, 0.4) is 0 Å². The van der Waals surface area contributed by atoms with Crippen LogP contribution in [0.2, 0.25) is 0 Å². The normalized spacial score (nSPS) is 16.7. The van der Waals surface area contributed by atoms with Crippen molar-refractivity contribution in [3.05, 3.63) is 56.8 Å². The molecule has 1 unspecified atom stereocenters. The molecule has 0 fully saturated rings. The van der Waals surface area contributed by atoms with Gasteiger partial charge in [0.2, 0.25) is 0 Å². The van der Waals surface area contributed by atoms with Gasteiger partial charge in [0, 0.05) is 32.1 Å². The number of benzene rings is 1. The first-order valence-corrected chi connectivity index (χ1v) is 11.4. The highest BCUT2D eigenvalue weighted by Gasteiger charge is 2.30. The maximum Gasteiger partial charge on any atom is 0.263 e. The number of carbonyl (C=O) groups is 2. The van der Waals surface area contributed by atoms with Crippen molar-refractivity contribution < 1.29 is 19.5 Å². The lowest BCUT2D eigenvalue weighted by Crippen LogP contribution is -2.30. The second kappa shape index (κ2) is 8.80. The van der Waals surface area contributed by atoms with Crippen molar-refractivity contribution in [3.8, 4) is 5.75 Å². The van der Waals surface area contributed by atoms with Gasteiger partial charge in [0.15, 0.2) is 5.75 Å². The molecule has 4 rings (SSSR count). The zero-order valence-electron chi connectivity index (χ0n) is 18.6. The Balaban J connectivity index is 1.58. The van der Waals surface area contributed by atoms with E-state index in [1.165, 1.54) is 16.2 Å². The van der Waals surface area contributed by atoms with Crippen LogP contribution >= 0.6 is 11.3 Å². The van der Waals surface area contributed by atoms with E-state index >= 15 is 0 Å². The molecule has 1 aliphatic heterocycles.